The molecule has 1 amide bonds. The predicted octanol–water partition coefficient (Wildman–Crippen LogP) is 3.76. The molecule has 2 rings (SSSR count). The highest BCUT2D eigenvalue weighted by atomic mass is 79.9. The highest BCUT2D eigenvalue weighted by Crippen LogP contribution is 2.37. The van der Waals surface area contributed by atoms with Crippen LogP contribution in [-0.4, -0.2) is 34.5 Å². The van der Waals surface area contributed by atoms with Crippen LogP contribution in [0.4, 0.5) is 0 Å². The monoisotopic (exact) mass is 359 g/mol. The van der Waals surface area contributed by atoms with Crippen molar-refractivity contribution >= 4 is 39.1 Å². The Morgan fingerprint density at radius 3 is 2.55 bits per heavy atom. The predicted molar refractivity (Wildman–Crippen MR) is 82.2 cm³/mol. The molecule has 20 heavy (non-hydrogen) atoms. The molecular formula is C14H18BrNO3S. The van der Waals surface area contributed by atoms with E-state index in [0.29, 0.717) is 5.56 Å². The summed E-state index contributed by atoms with van der Waals surface area (Å²) in [6, 6.07) is 1.79. The standard InChI is InChI=1S/C14H18BrNO3S/c1-16(13(19)10-7-11(15)20-9-10)14(8-12(17)18)5-3-2-4-6-14/h7,9H,2-6,8H2,1H3,(H,17,18). The van der Waals surface area contributed by atoms with E-state index in [-0.39, 0.29) is 12.3 Å². The second-order valence-electron chi connectivity index (χ2n) is 5.36. The van der Waals surface area contributed by atoms with Gasteiger partial charge in [-0.2, -0.15) is 0 Å². The van der Waals surface area contributed by atoms with Crippen molar-refractivity contribution in [2.45, 2.75) is 44.1 Å². The molecule has 0 radical (unpaired) electrons. The van der Waals surface area contributed by atoms with Crippen molar-refractivity contribution in [1.29, 1.82) is 0 Å². The van der Waals surface area contributed by atoms with Crippen LogP contribution < -0.4 is 0 Å². The number of carbonyl (C=O) groups is 2. The highest BCUT2D eigenvalue weighted by molar-refractivity contribution is 9.11. The first-order valence-electron chi connectivity index (χ1n) is 6.69. The fourth-order valence-electron chi connectivity index (χ4n) is 2.95. The number of aliphatic carboxylic acids is 1. The van der Waals surface area contributed by atoms with Gasteiger partial charge in [-0.05, 0) is 34.8 Å². The van der Waals surface area contributed by atoms with Crippen LogP contribution in [-0.2, 0) is 4.79 Å². The average Bonchev–Trinajstić information content (AvgIpc) is 2.84. The van der Waals surface area contributed by atoms with Crippen LogP contribution in [0.3, 0.4) is 0 Å². The molecule has 0 aromatic carbocycles. The van der Waals surface area contributed by atoms with Crippen LogP contribution in [0.1, 0.15) is 48.9 Å². The summed E-state index contributed by atoms with van der Waals surface area (Å²) < 4.78 is 0.908. The Kier molecular flexibility index (Phi) is 4.86. The number of rotatable bonds is 4. The van der Waals surface area contributed by atoms with Crippen LogP contribution in [0.5, 0.6) is 0 Å². The summed E-state index contributed by atoms with van der Waals surface area (Å²) in [5, 5.41) is 11.0. The molecule has 1 heterocycles. The van der Waals surface area contributed by atoms with Gasteiger partial charge in [0.05, 0.1) is 21.3 Å². The largest absolute Gasteiger partial charge is 0.481 e. The first kappa shape index (κ1) is 15.5. The number of halogens is 1. The number of carboxylic acids is 1. The molecule has 110 valence electrons. The second kappa shape index (κ2) is 6.26. The Labute approximate surface area is 130 Å². The van der Waals surface area contributed by atoms with Crippen LogP contribution in [0.25, 0.3) is 0 Å². The topological polar surface area (TPSA) is 57.6 Å². The maximum absolute atomic E-state index is 12.6. The lowest BCUT2D eigenvalue weighted by Crippen LogP contribution is -2.52. The molecule has 6 heteroatoms. The molecule has 1 aliphatic carbocycles. The van der Waals surface area contributed by atoms with Crippen LogP contribution >= 0.6 is 27.3 Å². The number of carbonyl (C=O) groups excluding carboxylic acids is 1. The Bertz CT molecular complexity index is 508. The van der Waals surface area contributed by atoms with Gasteiger partial charge in [-0.3, -0.25) is 9.59 Å². The van der Waals surface area contributed by atoms with E-state index in [2.05, 4.69) is 15.9 Å². The summed E-state index contributed by atoms with van der Waals surface area (Å²) in [7, 11) is 1.74. The van der Waals surface area contributed by atoms with E-state index in [1.165, 1.54) is 11.3 Å². The van der Waals surface area contributed by atoms with E-state index in [4.69, 9.17) is 0 Å². The van der Waals surface area contributed by atoms with Crippen molar-refractivity contribution in [2.24, 2.45) is 0 Å². The zero-order chi connectivity index (χ0) is 14.8. The minimum Gasteiger partial charge on any atom is -0.481 e. The van der Waals surface area contributed by atoms with Gasteiger partial charge in [-0.25, -0.2) is 0 Å². The number of hydrogen-bond donors (Lipinski definition) is 1. The minimum atomic E-state index is -0.835. The maximum atomic E-state index is 12.6. The van der Waals surface area contributed by atoms with Crippen molar-refractivity contribution in [3.8, 4) is 0 Å². The SMILES string of the molecule is CN(C(=O)c1csc(Br)c1)C1(CC(=O)O)CCCCC1. The number of amides is 1. The molecule has 1 aromatic rings. The van der Waals surface area contributed by atoms with Crippen molar-refractivity contribution in [3.05, 3.63) is 20.8 Å². The van der Waals surface area contributed by atoms with E-state index in [1.807, 2.05) is 0 Å². The molecule has 1 saturated carbocycles. The molecule has 1 N–H and O–H groups in total. The van der Waals surface area contributed by atoms with Gasteiger partial charge in [0, 0.05) is 12.4 Å². The van der Waals surface area contributed by atoms with Crippen LogP contribution in [0, 0.1) is 0 Å². The fourth-order valence-corrected chi connectivity index (χ4v) is 4.08. The summed E-state index contributed by atoms with van der Waals surface area (Å²) >= 11 is 4.82. The van der Waals surface area contributed by atoms with Gasteiger partial charge < -0.3 is 10.0 Å². The van der Waals surface area contributed by atoms with Gasteiger partial charge in [0.2, 0.25) is 0 Å². The summed E-state index contributed by atoms with van der Waals surface area (Å²) in [5.41, 5.74) is 0.0926. The van der Waals surface area contributed by atoms with Crippen molar-refractivity contribution in [1.82, 2.24) is 4.90 Å². The van der Waals surface area contributed by atoms with E-state index in [0.717, 1.165) is 35.9 Å². The molecule has 1 fully saturated rings. The number of thiophene rings is 1. The molecule has 1 aromatic heterocycles. The maximum Gasteiger partial charge on any atom is 0.305 e. The third-order valence-corrected chi connectivity index (χ3v) is 5.60. The third-order valence-electron chi connectivity index (χ3n) is 4.10. The van der Waals surface area contributed by atoms with Gasteiger partial charge in [0.1, 0.15) is 0 Å². The second-order valence-corrected chi connectivity index (χ2v) is 7.65. The average molecular weight is 360 g/mol. The van der Waals surface area contributed by atoms with E-state index < -0.39 is 11.5 Å². The first-order chi connectivity index (χ1) is 9.44. The summed E-state index contributed by atoms with van der Waals surface area (Å²) in [6.07, 6.45) is 4.66. The molecule has 4 nitrogen and oxygen atoms in total. The third kappa shape index (κ3) is 3.23. The lowest BCUT2D eigenvalue weighted by molar-refractivity contribution is -0.140. The Morgan fingerprint density at radius 2 is 2.05 bits per heavy atom. The fraction of sp³-hybridized carbons (Fsp3) is 0.571. The van der Waals surface area contributed by atoms with Gasteiger partial charge in [0.25, 0.3) is 5.91 Å². The van der Waals surface area contributed by atoms with Gasteiger partial charge in [-0.1, -0.05) is 19.3 Å². The lowest BCUT2D eigenvalue weighted by atomic mass is 9.78. The molecule has 0 spiro atoms. The summed E-state index contributed by atoms with van der Waals surface area (Å²) in [5.74, 6) is -0.923. The minimum absolute atomic E-state index is 0.0283. The zero-order valence-electron chi connectivity index (χ0n) is 11.4. The van der Waals surface area contributed by atoms with Gasteiger partial charge in [0.15, 0.2) is 0 Å². The Balaban J connectivity index is 2.23. The molecule has 0 unspecified atom stereocenters. The first-order valence-corrected chi connectivity index (χ1v) is 8.36. The van der Waals surface area contributed by atoms with Crippen LogP contribution in [0.15, 0.2) is 15.2 Å². The lowest BCUT2D eigenvalue weighted by Gasteiger charge is -2.43. The normalized spacial score (nSPS) is 17.7. The van der Waals surface area contributed by atoms with E-state index in [9.17, 15) is 14.7 Å². The number of hydrogen-bond acceptors (Lipinski definition) is 3. The molecular weight excluding hydrogens is 342 g/mol. The Morgan fingerprint density at radius 1 is 1.40 bits per heavy atom. The number of nitrogens with zero attached hydrogens (tertiary/aromatic N) is 1. The quantitative estimate of drug-likeness (QED) is 0.890. The van der Waals surface area contributed by atoms with Crippen molar-refractivity contribution < 1.29 is 14.7 Å². The van der Waals surface area contributed by atoms with Crippen molar-refractivity contribution in [2.75, 3.05) is 7.05 Å². The smallest absolute Gasteiger partial charge is 0.305 e. The summed E-state index contributed by atoms with van der Waals surface area (Å²) in [4.78, 5) is 25.4. The Hall–Kier alpha value is -0.880. The van der Waals surface area contributed by atoms with Crippen molar-refractivity contribution in [3.63, 3.8) is 0 Å². The van der Waals surface area contributed by atoms with E-state index in [1.54, 1.807) is 23.4 Å². The zero-order valence-corrected chi connectivity index (χ0v) is 13.8. The molecule has 0 atom stereocenters. The molecule has 1 aliphatic rings. The van der Waals surface area contributed by atoms with E-state index >= 15 is 0 Å². The van der Waals surface area contributed by atoms with Crippen LogP contribution in [0.2, 0.25) is 0 Å². The van der Waals surface area contributed by atoms with Gasteiger partial charge >= 0.3 is 5.97 Å². The number of carboxylic acid groups (broad SMARTS) is 1. The molecule has 0 bridgehead atoms. The molecule has 0 saturated heterocycles. The van der Waals surface area contributed by atoms with Gasteiger partial charge in [-0.15, -0.1) is 11.3 Å². The highest BCUT2D eigenvalue weighted by Gasteiger charge is 2.40. The summed E-state index contributed by atoms with van der Waals surface area (Å²) in [6.45, 7) is 0. The molecule has 0 aliphatic heterocycles.